The zero-order valence-corrected chi connectivity index (χ0v) is 16.4. The Morgan fingerprint density at radius 2 is 2.10 bits per heavy atom. The number of aromatic nitrogens is 2. The number of hydrogen-bond acceptors (Lipinski definition) is 4. The predicted octanol–water partition coefficient (Wildman–Crippen LogP) is 2.83. The van der Waals surface area contributed by atoms with Gasteiger partial charge in [0.05, 0.1) is 17.3 Å². The van der Waals surface area contributed by atoms with Crippen LogP contribution in [0.5, 0.6) is 0 Å². The minimum Gasteiger partial charge on any atom is -0.388 e. The number of rotatable bonds is 5. The number of likely N-dealkylation sites (tertiary alicyclic amines) is 1. The monoisotopic (exact) mass is 428 g/mol. The number of piperidine rings is 1. The van der Waals surface area contributed by atoms with E-state index in [9.17, 15) is 15.0 Å². The first-order valence-corrected chi connectivity index (χ1v) is 10.0. The molecular weight excluding hydrogens is 406 g/mol. The van der Waals surface area contributed by atoms with E-state index in [0.29, 0.717) is 23.7 Å². The summed E-state index contributed by atoms with van der Waals surface area (Å²) in [6, 6.07) is 2.55. The second-order valence-corrected chi connectivity index (χ2v) is 8.49. The normalized spacial score (nSPS) is 20.7. The summed E-state index contributed by atoms with van der Waals surface area (Å²) in [6.45, 7) is 0.494. The summed E-state index contributed by atoms with van der Waals surface area (Å²) in [4.78, 5) is 13.6. The molecule has 2 aromatic rings. The molecule has 1 unspecified atom stereocenters. The second-order valence-electron chi connectivity index (χ2n) is 8.05. The molecule has 1 saturated carbocycles. The molecule has 2 fully saturated rings. The van der Waals surface area contributed by atoms with Gasteiger partial charge in [-0.1, -0.05) is 11.6 Å². The van der Waals surface area contributed by atoms with Crippen molar-refractivity contribution in [3.05, 3.63) is 28.9 Å². The maximum Gasteiger partial charge on any atom is 0.317 e. The van der Waals surface area contributed by atoms with Crippen molar-refractivity contribution in [2.24, 2.45) is 5.92 Å². The van der Waals surface area contributed by atoms with E-state index in [2.05, 4.69) is 15.5 Å². The van der Waals surface area contributed by atoms with Gasteiger partial charge in [0.2, 0.25) is 0 Å². The first kappa shape index (κ1) is 20.3. The summed E-state index contributed by atoms with van der Waals surface area (Å²) in [5.74, 6) is -4.47. The lowest BCUT2D eigenvalue weighted by atomic mass is 9.85. The molecule has 7 nitrogen and oxygen atoms in total. The zero-order chi connectivity index (χ0) is 20.8. The summed E-state index contributed by atoms with van der Waals surface area (Å²) in [5, 5.41) is 30.2. The van der Waals surface area contributed by atoms with Crippen LogP contribution in [0.4, 0.5) is 13.6 Å². The van der Waals surface area contributed by atoms with Crippen molar-refractivity contribution < 1.29 is 23.8 Å². The Bertz CT molecular complexity index is 910. The van der Waals surface area contributed by atoms with Crippen LogP contribution in [0.1, 0.15) is 37.4 Å². The van der Waals surface area contributed by atoms with Crippen LogP contribution in [0.2, 0.25) is 5.02 Å². The van der Waals surface area contributed by atoms with Crippen molar-refractivity contribution in [2.75, 3.05) is 19.6 Å². The number of aliphatic hydroxyl groups is 2. The van der Waals surface area contributed by atoms with E-state index in [0.717, 1.165) is 0 Å². The van der Waals surface area contributed by atoms with Gasteiger partial charge in [0.25, 0.3) is 5.92 Å². The van der Waals surface area contributed by atoms with Gasteiger partial charge in [0, 0.05) is 41.5 Å². The quantitative estimate of drug-likeness (QED) is 0.588. The number of H-pyrrole nitrogens is 1. The molecule has 2 aliphatic rings. The molecule has 1 aliphatic heterocycles. The van der Waals surface area contributed by atoms with Crippen molar-refractivity contribution >= 4 is 28.5 Å². The van der Waals surface area contributed by atoms with Crippen LogP contribution < -0.4 is 5.32 Å². The van der Waals surface area contributed by atoms with Gasteiger partial charge in [-0.3, -0.25) is 5.10 Å². The van der Waals surface area contributed by atoms with E-state index in [1.807, 2.05) is 0 Å². The smallest absolute Gasteiger partial charge is 0.317 e. The lowest BCUT2D eigenvalue weighted by Crippen LogP contribution is -2.49. The van der Waals surface area contributed by atoms with Crippen molar-refractivity contribution in [3.8, 4) is 0 Å². The molecule has 0 radical (unpaired) electrons. The van der Waals surface area contributed by atoms with Gasteiger partial charge in [-0.25, -0.2) is 13.6 Å². The highest BCUT2D eigenvalue weighted by molar-refractivity contribution is 6.31. The Kier molecular flexibility index (Phi) is 5.16. The molecule has 1 aliphatic carbocycles. The number of benzene rings is 1. The van der Waals surface area contributed by atoms with Gasteiger partial charge in [0.1, 0.15) is 6.10 Å². The third kappa shape index (κ3) is 4.04. The molecule has 158 valence electrons. The number of aromatic amines is 1. The molecule has 1 saturated heterocycles. The zero-order valence-electron chi connectivity index (χ0n) is 15.7. The van der Waals surface area contributed by atoms with Crippen molar-refractivity contribution in [3.63, 3.8) is 0 Å². The number of amides is 2. The number of fused-ring (bicyclic) bond motifs is 1. The maximum atomic E-state index is 15.1. The Labute approximate surface area is 171 Å². The Balaban J connectivity index is 1.41. The lowest BCUT2D eigenvalue weighted by Gasteiger charge is -2.37. The van der Waals surface area contributed by atoms with Crippen molar-refractivity contribution in [1.82, 2.24) is 20.4 Å². The molecule has 10 heteroatoms. The molecule has 2 heterocycles. The summed E-state index contributed by atoms with van der Waals surface area (Å²) < 4.78 is 30.2. The van der Waals surface area contributed by atoms with E-state index >= 15 is 8.78 Å². The van der Waals surface area contributed by atoms with Crippen LogP contribution in [0.3, 0.4) is 0 Å². The number of halogens is 3. The molecule has 4 rings (SSSR count). The highest BCUT2D eigenvalue weighted by atomic mass is 35.5. The van der Waals surface area contributed by atoms with E-state index in [1.54, 1.807) is 6.07 Å². The van der Waals surface area contributed by atoms with E-state index in [1.165, 1.54) is 17.2 Å². The van der Waals surface area contributed by atoms with Crippen LogP contribution in [-0.4, -0.2) is 62.5 Å². The number of carbonyl (C=O) groups is 1. The van der Waals surface area contributed by atoms with E-state index in [4.69, 9.17) is 11.6 Å². The summed E-state index contributed by atoms with van der Waals surface area (Å²) in [5.41, 5.74) is -0.468. The molecule has 4 N–H and O–H groups in total. The Hall–Kier alpha value is -1.97. The lowest BCUT2D eigenvalue weighted by molar-refractivity contribution is -0.159. The molecule has 0 spiro atoms. The largest absolute Gasteiger partial charge is 0.388 e. The Morgan fingerprint density at radius 3 is 2.76 bits per heavy atom. The standard InChI is InChI=1S/C19H23ClF2N4O3/c20-13-7-11-9-24-25-15(11)14(8-13)16(27)19(21,22)12-1-5-26(6-2-12)17(28)23-10-18(29)3-4-18/h7-9,12,16,27,29H,1-6,10H2,(H,23,28)(H,24,25). The minimum atomic E-state index is -3.39. The number of alkyl halides is 2. The third-order valence-electron chi connectivity index (χ3n) is 5.93. The van der Waals surface area contributed by atoms with Gasteiger partial charge >= 0.3 is 6.03 Å². The van der Waals surface area contributed by atoms with Crippen molar-refractivity contribution in [2.45, 2.75) is 43.3 Å². The first-order valence-electron chi connectivity index (χ1n) is 9.63. The molecular formula is C19H23ClF2N4O3. The molecule has 1 atom stereocenters. The van der Waals surface area contributed by atoms with E-state index in [-0.39, 0.29) is 49.1 Å². The van der Waals surface area contributed by atoms with Crippen LogP contribution in [0, 0.1) is 5.92 Å². The fourth-order valence-corrected chi connectivity index (χ4v) is 4.07. The third-order valence-corrected chi connectivity index (χ3v) is 6.14. The number of hydrogen-bond donors (Lipinski definition) is 4. The SMILES string of the molecule is O=C(NCC1(O)CC1)N1CCC(C(F)(F)C(O)c2cc(Cl)cc3cn[nH]c23)CC1. The van der Waals surface area contributed by atoms with E-state index < -0.39 is 23.5 Å². The van der Waals surface area contributed by atoms with Gasteiger partial charge < -0.3 is 20.4 Å². The number of aliphatic hydroxyl groups excluding tert-OH is 1. The molecule has 0 bridgehead atoms. The van der Waals surface area contributed by atoms with Crippen molar-refractivity contribution in [1.29, 1.82) is 0 Å². The van der Waals surface area contributed by atoms with Crippen LogP contribution in [-0.2, 0) is 0 Å². The molecule has 1 aromatic heterocycles. The summed E-state index contributed by atoms with van der Waals surface area (Å²) in [6.07, 6.45) is 0.867. The van der Waals surface area contributed by atoms with Crippen LogP contribution >= 0.6 is 11.6 Å². The number of nitrogens with zero attached hydrogens (tertiary/aromatic N) is 2. The van der Waals surface area contributed by atoms with Gasteiger partial charge in [-0.2, -0.15) is 5.10 Å². The number of urea groups is 1. The summed E-state index contributed by atoms with van der Waals surface area (Å²) in [7, 11) is 0. The van der Waals surface area contributed by atoms with Gasteiger partial charge in [-0.05, 0) is 37.8 Å². The fourth-order valence-electron chi connectivity index (χ4n) is 3.83. The highest BCUT2D eigenvalue weighted by Gasteiger charge is 2.49. The first-order chi connectivity index (χ1) is 13.7. The minimum absolute atomic E-state index is 0.00727. The number of carbonyl (C=O) groups excluding carboxylic acids is 1. The predicted molar refractivity (Wildman–Crippen MR) is 103 cm³/mol. The molecule has 29 heavy (non-hydrogen) atoms. The van der Waals surface area contributed by atoms with Crippen LogP contribution in [0.15, 0.2) is 18.3 Å². The Morgan fingerprint density at radius 1 is 1.41 bits per heavy atom. The average Bonchev–Trinajstić information content (AvgIpc) is 3.25. The van der Waals surface area contributed by atoms with Crippen LogP contribution in [0.25, 0.3) is 10.9 Å². The number of nitrogens with one attached hydrogen (secondary N) is 2. The average molecular weight is 429 g/mol. The van der Waals surface area contributed by atoms with Gasteiger partial charge in [0.15, 0.2) is 0 Å². The molecule has 2 amide bonds. The maximum absolute atomic E-state index is 15.1. The highest BCUT2D eigenvalue weighted by Crippen LogP contribution is 2.44. The topological polar surface area (TPSA) is 101 Å². The second kappa shape index (κ2) is 7.37. The van der Waals surface area contributed by atoms with Gasteiger partial charge in [-0.15, -0.1) is 0 Å². The summed E-state index contributed by atoms with van der Waals surface area (Å²) >= 11 is 6.01. The molecule has 1 aromatic carbocycles. The fraction of sp³-hybridized carbons (Fsp3) is 0.579.